The topological polar surface area (TPSA) is 15.3 Å². The van der Waals surface area contributed by atoms with E-state index in [2.05, 4.69) is 109 Å². The molecule has 0 amide bonds. The van der Waals surface area contributed by atoms with Gasteiger partial charge in [0.2, 0.25) is 0 Å². The Morgan fingerprint density at radius 1 is 0.872 bits per heavy atom. The van der Waals surface area contributed by atoms with Crippen LogP contribution in [0.25, 0.3) is 0 Å². The Morgan fingerprint density at radius 2 is 1.72 bits per heavy atom. The van der Waals surface area contributed by atoms with Crippen molar-refractivity contribution in [1.82, 2.24) is 0 Å². The Bertz CT molecular complexity index is 1540. The van der Waals surface area contributed by atoms with E-state index in [1.165, 1.54) is 59.5 Å². The predicted molar refractivity (Wildman–Crippen MR) is 164 cm³/mol. The van der Waals surface area contributed by atoms with Gasteiger partial charge < -0.3 is 10.2 Å². The minimum atomic E-state index is 0.175. The number of hydrogen-bond donors (Lipinski definition) is 1. The quantitative estimate of drug-likeness (QED) is 0.442. The van der Waals surface area contributed by atoms with E-state index in [1.807, 2.05) is 0 Å². The van der Waals surface area contributed by atoms with Crippen molar-refractivity contribution in [3.05, 3.63) is 124 Å². The van der Waals surface area contributed by atoms with Crippen molar-refractivity contribution in [2.24, 2.45) is 5.41 Å². The number of nitrogens with zero attached hydrogens (tertiary/aromatic N) is 1. The minimum Gasteiger partial charge on any atom is -0.382 e. The lowest BCUT2D eigenvalue weighted by Crippen LogP contribution is -2.31. The highest BCUT2D eigenvalue weighted by Gasteiger charge is 2.43. The molecule has 1 N–H and O–H groups in total. The molecule has 5 aliphatic carbocycles. The Labute approximate surface area is 233 Å². The van der Waals surface area contributed by atoms with Gasteiger partial charge in [-0.05, 0) is 109 Å². The molecule has 0 fully saturated rings. The second-order valence-corrected chi connectivity index (χ2v) is 12.7. The zero-order chi connectivity index (χ0) is 26.1. The van der Waals surface area contributed by atoms with Crippen LogP contribution in [-0.2, 0) is 0 Å². The van der Waals surface area contributed by atoms with E-state index in [1.54, 1.807) is 22.3 Å². The van der Waals surface area contributed by atoms with E-state index in [-0.39, 0.29) is 5.41 Å². The normalized spacial score (nSPS) is 27.8. The monoisotopic (exact) mass is 510 g/mol. The van der Waals surface area contributed by atoms with Gasteiger partial charge in [-0.2, -0.15) is 0 Å². The molecule has 8 rings (SSSR count). The summed E-state index contributed by atoms with van der Waals surface area (Å²) in [4.78, 5) is 2.56. The number of fused-ring (bicyclic) bond motifs is 5. The van der Waals surface area contributed by atoms with Crippen molar-refractivity contribution in [3.63, 3.8) is 0 Å². The van der Waals surface area contributed by atoms with E-state index < -0.39 is 0 Å². The van der Waals surface area contributed by atoms with Crippen LogP contribution >= 0.6 is 0 Å². The Hall–Kier alpha value is -3.52. The largest absolute Gasteiger partial charge is 0.382 e. The Morgan fingerprint density at radius 3 is 2.62 bits per heavy atom. The Kier molecular flexibility index (Phi) is 5.24. The van der Waals surface area contributed by atoms with Crippen molar-refractivity contribution >= 4 is 17.1 Å². The van der Waals surface area contributed by atoms with Gasteiger partial charge in [0, 0.05) is 34.4 Å². The smallest absolute Gasteiger partial charge is 0.0635 e. The zero-order valence-electron chi connectivity index (χ0n) is 23.2. The fourth-order valence-electron chi connectivity index (χ4n) is 8.44. The van der Waals surface area contributed by atoms with Crippen molar-refractivity contribution in [2.45, 2.75) is 76.8 Å². The molecular weight excluding hydrogens is 472 g/mol. The summed E-state index contributed by atoms with van der Waals surface area (Å²) >= 11 is 0. The van der Waals surface area contributed by atoms with Crippen LogP contribution in [0.5, 0.6) is 0 Å². The summed E-state index contributed by atoms with van der Waals surface area (Å²) in [6, 6.07) is 19.0. The molecule has 2 aromatic carbocycles. The number of anilines is 3. The van der Waals surface area contributed by atoms with E-state index in [4.69, 9.17) is 0 Å². The summed E-state index contributed by atoms with van der Waals surface area (Å²) in [5.74, 6) is 0.385. The van der Waals surface area contributed by atoms with Crippen molar-refractivity contribution < 1.29 is 0 Å². The first kappa shape index (κ1) is 23.4. The van der Waals surface area contributed by atoms with Gasteiger partial charge in [-0.1, -0.05) is 74.1 Å². The molecule has 3 unspecified atom stereocenters. The minimum absolute atomic E-state index is 0.175. The van der Waals surface area contributed by atoms with Gasteiger partial charge in [-0.25, -0.2) is 0 Å². The van der Waals surface area contributed by atoms with Crippen molar-refractivity contribution in [3.8, 4) is 0 Å². The number of rotatable bonds is 3. The molecule has 1 aliphatic heterocycles. The molecule has 0 saturated carbocycles. The van der Waals surface area contributed by atoms with Crippen molar-refractivity contribution in [1.29, 1.82) is 0 Å². The van der Waals surface area contributed by atoms with Gasteiger partial charge in [-0.15, -0.1) is 0 Å². The molecule has 0 aromatic heterocycles. The lowest BCUT2D eigenvalue weighted by atomic mass is 9.75. The van der Waals surface area contributed by atoms with Crippen LogP contribution in [0.2, 0.25) is 0 Å². The first-order valence-corrected chi connectivity index (χ1v) is 15.1. The number of allylic oxidation sites excluding steroid dienone is 9. The predicted octanol–water partition coefficient (Wildman–Crippen LogP) is 9.45. The highest BCUT2D eigenvalue weighted by Crippen LogP contribution is 2.56. The zero-order valence-corrected chi connectivity index (χ0v) is 23.2. The molecule has 0 spiro atoms. The number of benzene rings is 2. The number of para-hydroxylation sites is 1. The molecule has 2 nitrogen and oxygen atoms in total. The van der Waals surface area contributed by atoms with Crippen LogP contribution in [0.15, 0.2) is 118 Å². The van der Waals surface area contributed by atoms with Gasteiger partial charge in [0.25, 0.3) is 0 Å². The average molecular weight is 511 g/mol. The summed E-state index contributed by atoms with van der Waals surface area (Å²) in [6.45, 7) is 4.91. The summed E-state index contributed by atoms with van der Waals surface area (Å²) in [5, 5.41) is 4.02. The molecule has 39 heavy (non-hydrogen) atoms. The van der Waals surface area contributed by atoms with Crippen molar-refractivity contribution in [2.75, 3.05) is 10.2 Å². The maximum atomic E-state index is 4.02. The second-order valence-electron chi connectivity index (χ2n) is 12.7. The number of hydrogen-bond acceptors (Lipinski definition) is 2. The maximum Gasteiger partial charge on any atom is 0.0635 e. The van der Waals surface area contributed by atoms with Gasteiger partial charge in [0.15, 0.2) is 0 Å². The third-order valence-electron chi connectivity index (χ3n) is 10.3. The third-order valence-corrected chi connectivity index (χ3v) is 10.3. The SMILES string of the molecule is CC1(C)C2=C(CCC=C2)C2=C1CC(Nc1ccc3c(c1)C1C4=C(C=CC1N3c1ccccc1)CCC=C4)CC2. The number of nitrogens with one attached hydrogen (secondary N) is 1. The summed E-state index contributed by atoms with van der Waals surface area (Å²) in [7, 11) is 0. The average Bonchev–Trinajstić information content (AvgIpc) is 3.42. The first-order chi connectivity index (χ1) is 19.1. The molecule has 0 bridgehead atoms. The van der Waals surface area contributed by atoms with Crippen LogP contribution < -0.4 is 10.2 Å². The Balaban J connectivity index is 1.12. The fourth-order valence-corrected chi connectivity index (χ4v) is 8.44. The summed E-state index contributed by atoms with van der Waals surface area (Å²) in [5.41, 5.74) is 15.3. The summed E-state index contributed by atoms with van der Waals surface area (Å²) < 4.78 is 0. The molecule has 2 aromatic rings. The molecule has 3 atom stereocenters. The van der Waals surface area contributed by atoms with Crippen LogP contribution in [0, 0.1) is 5.41 Å². The molecule has 0 saturated heterocycles. The van der Waals surface area contributed by atoms with Crippen LogP contribution in [0.4, 0.5) is 17.1 Å². The third kappa shape index (κ3) is 3.53. The molecule has 0 radical (unpaired) electrons. The summed E-state index contributed by atoms with van der Waals surface area (Å²) in [6.07, 6.45) is 22.8. The van der Waals surface area contributed by atoms with Crippen LogP contribution in [-0.4, -0.2) is 12.1 Å². The maximum absolute atomic E-state index is 4.02. The lowest BCUT2D eigenvalue weighted by molar-refractivity contribution is 0.487. The van der Waals surface area contributed by atoms with Gasteiger partial charge in [0.1, 0.15) is 0 Å². The highest BCUT2D eigenvalue weighted by atomic mass is 15.2. The second kappa shape index (κ2) is 8.74. The molecule has 6 aliphatic rings. The molecule has 196 valence electrons. The van der Waals surface area contributed by atoms with E-state index in [0.29, 0.717) is 18.0 Å². The van der Waals surface area contributed by atoms with Crippen LogP contribution in [0.1, 0.15) is 70.3 Å². The van der Waals surface area contributed by atoms with E-state index >= 15 is 0 Å². The fraction of sp³-hybridized carbons (Fsp3) is 0.351. The van der Waals surface area contributed by atoms with Gasteiger partial charge in [-0.3, -0.25) is 0 Å². The van der Waals surface area contributed by atoms with Gasteiger partial charge >= 0.3 is 0 Å². The van der Waals surface area contributed by atoms with Gasteiger partial charge in [0.05, 0.1) is 6.04 Å². The van der Waals surface area contributed by atoms with E-state index in [0.717, 1.165) is 19.3 Å². The molecule has 1 heterocycles. The molecule has 2 heteroatoms. The van der Waals surface area contributed by atoms with E-state index in [9.17, 15) is 0 Å². The first-order valence-electron chi connectivity index (χ1n) is 15.1. The standard InChI is InChI=1S/C37H38N2/c1-37(2)32-15-9-8-14-29(32)30-19-17-26(23-33(30)37)38-25-18-21-34-31(22-25)36-28-13-7-6-10-24(28)16-20-35(36)39(34)27-11-4-3-5-12-27/h3-5,7,9,11-13,15-16,18,20-22,26,35-36,38H,6,8,10,14,17,19,23H2,1-2H3. The molecular formula is C37H38N2. The highest BCUT2D eigenvalue weighted by molar-refractivity contribution is 5.79. The lowest BCUT2D eigenvalue weighted by Gasteiger charge is -2.33. The van der Waals surface area contributed by atoms with Crippen LogP contribution in [0.3, 0.4) is 0 Å².